The van der Waals surface area contributed by atoms with Gasteiger partial charge in [-0.2, -0.15) is 5.26 Å². The fourth-order valence-corrected chi connectivity index (χ4v) is 2.11. The summed E-state index contributed by atoms with van der Waals surface area (Å²) in [4.78, 5) is 14.0. The molecular formula is C14H18N4O2. The van der Waals surface area contributed by atoms with Crippen LogP contribution in [0.4, 0.5) is 11.4 Å². The van der Waals surface area contributed by atoms with Crippen LogP contribution in [0.15, 0.2) is 18.2 Å². The van der Waals surface area contributed by atoms with Crippen molar-refractivity contribution in [2.45, 2.75) is 13.0 Å². The van der Waals surface area contributed by atoms with Gasteiger partial charge in [0.25, 0.3) is 0 Å². The molecule has 0 saturated carbocycles. The minimum Gasteiger partial charge on any atom is -0.398 e. The van der Waals surface area contributed by atoms with Crippen LogP contribution in [0.2, 0.25) is 0 Å². The van der Waals surface area contributed by atoms with Gasteiger partial charge in [-0.25, -0.2) is 0 Å². The molecule has 1 aromatic carbocycles. The van der Waals surface area contributed by atoms with E-state index in [2.05, 4.69) is 5.32 Å². The maximum absolute atomic E-state index is 12.2. The van der Waals surface area contributed by atoms with Gasteiger partial charge in [0, 0.05) is 24.5 Å². The Morgan fingerprint density at radius 2 is 2.20 bits per heavy atom. The summed E-state index contributed by atoms with van der Waals surface area (Å²) in [6, 6.07) is 6.74. The summed E-state index contributed by atoms with van der Waals surface area (Å²) < 4.78 is 5.23. The van der Waals surface area contributed by atoms with E-state index in [9.17, 15) is 4.79 Å². The summed E-state index contributed by atoms with van der Waals surface area (Å²) in [5.74, 6) is 0.0311. The SMILES string of the molecule is CC(Nc1ccc(N)c(C#N)c1)C(=O)N1CCOCC1. The van der Waals surface area contributed by atoms with Gasteiger partial charge in [0.2, 0.25) is 5.91 Å². The molecule has 6 heteroatoms. The van der Waals surface area contributed by atoms with Gasteiger partial charge in [-0.1, -0.05) is 0 Å². The molecule has 0 aliphatic carbocycles. The summed E-state index contributed by atoms with van der Waals surface area (Å²) in [5, 5.41) is 12.0. The summed E-state index contributed by atoms with van der Waals surface area (Å²) >= 11 is 0. The molecule has 1 heterocycles. The van der Waals surface area contributed by atoms with Gasteiger partial charge in [0.1, 0.15) is 12.1 Å². The summed E-state index contributed by atoms with van der Waals surface area (Å²) in [6.07, 6.45) is 0. The van der Waals surface area contributed by atoms with Gasteiger partial charge >= 0.3 is 0 Å². The first-order valence-electron chi connectivity index (χ1n) is 6.54. The predicted molar refractivity (Wildman–Crippen MR) is 76.1 cm³/mol. The minimum absolute atomic E-state index is 0.0311. The number of rotatable bonds is 3. The number of hydrogen-bond acceptors (Lipinski definition) is 5. The van der Waals surface area contributed by atoms with Crippen molar-refractivity contribution in [3.05, 3.63) is 23.8 Å². The minimum atomic E-state index is -0.358. The lowest BCUT2D eigenvalue weighted by Crippen LogP contribution is -2.47. The van der Waals surface area contributed by atoms with E-state index < -0.39 is 0 Å². The second kappa shape index (κ2) is 6.26. The number of nitrogens with zero attached hydrogens (tertiary/aromatic N) is 2. The van der Waals surface area contributed by atoms with Gasteiger partial charge in [-0.05, 0) is 25.1 Å². The molecule has 1 aliphatic rings. The third-order valence-electron chi connectivity index (χ3n) is 3.25. The van der Waals surface area contributed by atoms with Crippen molar-refractivity contribution in [1.82, 2.24) is 4.90 Å². The van der Waals surface area contributed by atoms with Gasteiger partial charge < -0.3 is 20.7 Å². The fourth-order valence-electron chi connectivity index (χ4n) is 2.11. The van der Waals surface area contributed by atoms with Crippen LogP contribution in [0.1, 0.15) is 12.5 Å². The molecule has 0 radical (unpaired) electrons. The molecule has 20 heavy (non-hydrogen) atoms. The Hall–Kier alpha value is -2.26. The lowest BCUT2D eigenvalue weighted by atomic mass is 10.1. The van der Waals surface area contributed by atoms with Gasteiger partial charge in [0.15, 0.2) is 0 Å². The molecule has 0 aromatic heterocycles. The molecule has 6 nitrogen and oxygen atoms in total. The van der Waals surface area contributed by atoms with Crippen LogP contribution in [0.5, 0.6) is 0 Å². The highest BCUT2D eigenvalue weighted by atomic mass is 16.5. The molecule has 106 valence electrons. The molecule has 3 N–H and O–H groups in total. The Morgan fingerprint density at radius 3 is 2.85 bits per heavy atom. The zero-order chi connectivity index (χ0) is 14.5. The molecule has 1 aliphatic heterocycles. The van der Waals surface area contributed by atoms with E-state index in [-0.39, 0.29) is 11.9 Å². The van der Waals surface area contributed by atoms with Crippen LogP contribution in [-0.2, 0) is 9.53 Å². The number of carbonyl (C=O) groups is 1. The quantitative estimate of drug-likeness (QED) is 0.795. The van der Waals surface area contributed by atoms with E-state index in [1.54, 1.807) is 30.0 Å². The number of carbonyl (C=O) groups excluding carboxylic acids is 1. The number of anilines is 2. The zero-order valence-electron chi connectivity index (χ0n) is 11.4. The summed E-state index contributed by atoms with van der Waals surface area (Å²) in [5.41, 5.74) is 7.22. The third kappa shape index (κ3) is 3.19. The van der Waals surface area contributed by atoms with Crippen molar-refractivity contribution in [2.75, 3.05) is 37.4 Å². The average molecular weight is 274 g/mol. The molecule has 1 aromatic rings. The fraction of sp³-hybridized carbons (Fsp3) is 0.429. The van der Waals surface area contributed by atoms with E-state index in [0.29, 0.717) is 43.2 Å². The van der Waals surface area contributed by atoms with E-state index in [0.717, 1.165) is 0 Å². The predicted octanol–water partition coefficient (Wildman–Crippen LogP) is 0.800. The first-order valence-corrected chi connectivity index (χ1v) is 6.54. The first kappa shape index (κ1) is 14.2. The van der Waals surface area contributed by atoms with E-state index >= 15 is 0 Å². The highest BCUT2D eigenvalue weighted by Crippen LogP contribution is 2.18. The van der Waals surface area contributed by atoms with Crippen LogP contribution in [0, 0.1) is 11.3 Å². The molecule has 2 rings (SSSR count). The Balaban J connectivity index is 2.02. The number of hydrogen-bond donors (Lipinski definition) is 2. The third-order valence-corrected chi connectivity index (χ3v) is 3.25. The number of amides is 1. The molecule has 1 unspecified atom stereocenters. The first-order chi connectivity index (χ1) is 9.61. The van der Waals surface area contributed by atoms with Crippen LogP contribution in [-0.4, -0.2) is 43.2 Å². The number of nitrogen functional groups attached to an aromatic ring is 1. The maximum Gasteiger partial charge on any atom is 0.244 e. The van der Waals surface area contributed by atoms with Crippen molar-refractivity contribution in [1.29, 1.82) is 5.26 Å². The van der Waals surface area contributed by atoms with Crippen LogP contribution in [0.25, 0.3) is 0 Å². The van der Waals surface area contributed by atoms with E-state index in [4.69, 9.17) is 15.7 Å². The van der Waals surface area contributed by atoms with Gasteiger partial charge in [-0.15, -0.1) is 0 Å². The lowest BCUT2D eigenvalue weighted by molar-refractivity contribution is -0.135. The van der Waals surface area contributed by atoms with Crippen molar-refractivity contribution in [3.63, 3.8) is 0 Å². The lowest BCUT2D eigenvalue weighted by Gasteiger charge is -2.29. The van der Waals surface area contributed by atoms with Crippen LogP contribution >= 0.6 is 0 Å². The smallest absolute Gasteiger partial charge is 0.244 e. The maximum atomic E-state index is 12.2. The van der Waals surface area contributed by atoms with Crippen molar-refractivity contribution in [2.24, 2.45) is 0 Å². The summed E-state index contributed by atoms with van der Waals surface area (Å²) in [6.45, 7) is 4.21. The molecule has 0 spiro atoms. The van der Waals surface area contributed by atoms with Crippen LogP contribution in [0.3, 0.4) is 0 Å². The van der Waals surface area contributed by atoms with Crippen molar-refractivity contribution < 1.29 is 9.53 Å². The molecule has 1 amide bonds. The Bertz CT molecular complexity index is 532. The van der Waals surface area contributed by atoms with Crippen molar-refractivity contribution in [3.8, 4) is 6.07 Å². The standard InChI is InChI=1S/C14H18N4O2/c1-10(14(19)18-4-6-20-7-5-18)17-12-2-3-13(16)11(8-12)9-15/h2-3,8,10,17H,4-7,16H2,1H3. The topological polar surface area (TPSA) is 91.4 Å². The largest absolute Gasteiger partial charge is 0.398 e. The van der Waals surface area contributed by atoms with Gasteiger partial charge in [0.05, 0.1) is 18.8 Å². The molecule has 0 bridgehead atoms. The molecular weight excluding hydrogens is 256 g/mol. The highest BCUT2D eigenvalue weighted by molar-refractivity contribution is 5.84. The average Bonchev–Trinajstić information content (AvgIpc) is 2.49. The number of benzene rings is 1. The number of nitrogens with two attached hydrogens (primary N) is 1. The Labute approximate surface area is 118 Å². The normalized spacial score (nSPS) is 16.3. The molecule has 1 fully saturated rings. The summed E-state index contributed by atoms with van der Waals surface area (Å²) in [7, 11) is 0. The van der Waals surface area contributed by atoms with Crippen molar-refractivity contribution >= 4 is 17.3 Å². The number of morpholine rings is 1. The second-order valence-electron chi connectivity index (χ2n) is 4.72. The van der Waals surface area contributed by atoms with Crippen LogP contribution < -0.4 is 11.1 Å². The number of nitriles is 1. The van der Waals surface area contributed by atoms with Gasteiger partial charge in [-0.3, -0.25) is 4.79 Å². The molecule has 1 atom stereocenters. The number of ether oxygens (including phenoxy) is 1. The molecule has 1 saturated heterocycles. The monoisotopic (exact) mass is 274 g/mol. The number of nitrogens with one attached hydrogen (secondary N) is 1. The van der Waals surface area contributed by atoms with E-state index in [1.807, 2.05) is 6.07 Å². The van der Waals surface area contributed by atoms with E-state index in [1.165, 1.54) is 0 Å². The second-order valence-corrected chi connectivity index (χ2v) is 4.72. The zero-order valence-corrected chi connectivity index (χ0v) is 11.4. The highest BCUT2D eigenvalue weighted by Gasteiger charge is 2.22. The Kier molecular flexibility index (Phi) is 4.43. The Morgan fingerprint density at radius 1 is 1.50 bits per heavy atom.